The summed E-state index contributed by atoms with van der Waals surface area (Å²) in [5.74, 6) is 2.20. The first-order chi connectivity index (χ1) is 19.3. The molecule has 0 spiro atoms. The van der Waals surface area contributed by atoms with Crippen LogP contribution in [0.3, 0.4) is 0 Å². The highest BCUT2D eigenvalue weighted by Gasteiger charge is 2.16. The van der Waals surface area contributed by atoms with Crippen LogP contribution < -0.4 is 18.9 Å². The van der Waals surface area contributed by atoms with E-state index in [1.807, 2.05) is 12.1 Å². The molecule has 4 rings (SSSR count). The molecule has 8 heteroatoms. The fourth-order valence-electron chi connectivity index (χ4n) is 4.61. The summed E-state index contributed by atoms with van der Waals surface area (Å²) in [4.78, 5) is 9.13. The Balaban J connectivity index is 1.56. The standard InChI is InChI=1S/C32H34Br2N2O4/c1-7-21-15-27(33)31(35-29(21)37-5)39-17-23-11-9-13-25(19(23)3)26-14-10-12-24(20(26)4)18-40-32-28(34)16-22(8-2)30(36-32)38-6/h9-16H,7-8,17-18H2,1-6H3. The number of pyridine rings is 2. The van der Waals surface area contributed by atoms with Crippen molar-refractivity contribution in [1.29, 1.82) is 0 Å². The average Bonchev–Trinajstić information content (AvgIpc) is 2.96. The van der Waals surface area contributed by atoms with Gasteiger partial charge in [-0.25, -0.2) is 0 Å². The lowest BCUT2D eigenvalue weighted by Crippen LogP contribution is -2.05. The number of hydrogen-bond donors (Lipinski definition) is 0. The minimum Gasteiger partial charge on any atom is -0.481 e. The first-order valence-electron chi connectivity index (χ1n) is 13.2. The van der Waals surface area contributed by atoms with Crippen molar-refractivity contribution in [1.82, 2.24) is 9.97 Å². The smallest absolute Gasteiger partial charge is 0.231 e. The van der Waals surface area contributed by atoms with E-state index in [2.05, 4.69) is 106 Å². The molecule has 0 amide bonds. The van der Waals surface area contributed by atoms with E-state index in [0.29, 0.717) is 36.7 Å². The van der Waals surface area contributed by atoms with Crippen molar-refractivity contribution in [3.63, 3.8) is 0 Å². The van der Waals surface area contributed by atoms with Gasteiger partial charge < -0.3 is 18.9 Å². The fraction of sp³-hybridized carbons (Fsp3) is 0.312. The number of nitrogens with zero attached hydrogens (tertiary/aromatic N) is 2. The summed E-state index contributed by atoms with van der Waals surface area (Å²) in [5.41, 5.74) is 8.84. The van der Waals surface area contributed by atoms with Gasteiger partial charge in [-0.05, 0) is 104 Å². The predicted molar refractivity (Wildman–Crippen MR) is 166 cm³/mol. The third-order valence-electron chi connectivity index (χ3n) is 7.03. The van der Waals surface area contributed by atoms with E-state index in [1.54, 1.807) is 14.2 Å². The summed E-state index contributed by atoms with van der Waals surface area (Å²) in [6.07, 6.45) is 1.65. The molecule has 0 atom stereocenters. The molecule has 0 fully saturated rings. The number of aromatic nitrogens is 2. The summed E-state index contributed by atoms with van der Waals surface area (Å²) in [7, 11) is 3.26. The van der Waals surface area contributed by atoms with E-state index in [9.17, 15) is 0 Å². The van der Waals surface area contributed by atoms with Crippen LogP contribution in [0.1, 0.15) is 47.2 Å². The van der Waals surface area contributed by atoms with Crippen LogP contribution in [-0.2, 0) is 26.1 Å². The third kappa shape index (κ3) is 6.44. The van der Waals surface area contributed by atoms with Gasteiger partial charge in [0.25, 0.3) is 0 Å². The maximum Gasteiger partial charge on any atom is 0.231 e. The van der Waals surface area contributed by atoms with Crippen molar-refractivity contribution in [2.45, 2.75) is 53.8 Å². The van der Waals surface area contributed by atoms with Gasteiger partial charge in [0.05, 0.1) is 23.2 Å². The van der Waals surface area contributed by atoms with Gasteiger partial charge >= 0.3 is 0 Å². The van der Waals surface area contributed by atoms with Gasteiger partial charge in [0.2, 0.25) is 23.5 Å². The minimum absolute atomic E-state index is 0.386. The lowest BCUT2D eigenvalue weighted by Gasteiger charge is -2.17. The van der Waals surface area contributed by atoms with E-state index in [4.69, 9.17) is 18.9 Å². The Bertz CT molecular complexity index is 1390. The second-order valence-corrected chi connectivity index (χ2v) is 11.1. The Hall–Kier alpha value is -3.10. The van der Waals surface area contributed by atoms with Gasteiger partial charge in [-0.1, -0.05) is 50.2 Å². The zero-order valence-electron chi connectivity index (χ0n) is 23.7. The molecule has 0 unspecified atom stereocenters. The Labute approximate surface area is 253 Å². The van der Waals surface area contributed by atoms with Crippen LogP contribution in [0.4, 0.5) is 0 Å². The molecule has 2 heterocycles. The Morgan fingerprint density at radius 2 is 1.00 bits per heavy atom. The predicted octanol–water partition coefficient (Wildman–Crippen LogP) is 8.59. The SMILES string of the molecule is CCc1cc(Br)c(OCc2cccc(-c3cccc(COc4nc(OC)c(CC)cc4Br)c3C)c2C)nc1OC. The van der Waals surface area contributed by atoms with Crippen LogP contribution in [0.2, 0.25) is 0 Å². The monoisotopic (exact) mass is 668 g/mol. The molecule has 4 aromatic rings. The van der Waals surface area contributed by atoms with E-state index in [0.717, 1.165) is 66.3 Å². The molecule has 2 aromatic heterocycles. The average molecular weight is 670 g/mol. The lowest BCUT2D eigenvalue weighted by molar-refractivity contribution is 0.283. The van der Waals surface area contributed by atoms with Gasteiger partial charge in [-0.15, -0.1) is 0 Å². The molecular formula is C32H34Br2N2O4. The minimum atomic E-state index is 0.386. The van der Waals surface area contributed by atoms with E-state index >= 15 is 0 Å². The molecule has 0 N–H and O–H groups in total. The molecule has 6 nitrogen and oxygen atoms in total. The summed E-state index contributed by atoms with van der Waals surface area (Å²) >= 11 is 7.19. The highest BCUT2D eigenvalue weighted by Crippen LogP contribution is 2.34. The summed E-state index contributed by atoms with van der Waals surface area (Å²) in [6, 6.07) is 16.6. The molecule has 0 aliphatic heterocycles. The van der Waals surface area contributed by atoms with Crippen LogP contribution >= 0.6 is 31.9 Å². The maximum atomic E-state index is 6.14. The number of ether oxygens (including phenoxy) is 4. The first-order valence-corrected chi connectivity index (χ1v) is 14.8. The zero-order valence-corrected chi connectivity index (χ0v) is 26.9. The summed E-state index contributed by atoms with van der Waals surface area (Å²) in [5, 5.41) is 0. The largest absolute Gasteiger partial charge is 0.481 e. The van der Waals surface area contributed by atoms with Crippen LogP contribution in [-0.4, -0.2) is 24.2 Å². The zero-order chi connectivity index (χ0) is 28.8. The van der Waals surface area contributed by atoms with Gasteiger partial charge in [-0.2, -0.15) is 9.97 Å². The normalized spacial score (nSPS) is 10.9. The number of rotatable bonds is 11. The maximum absolute atomic E-state index is 6.14. The molecule has 0 bridgehead atoms. The Morgan fingerprint density at radius 3 is 1.35 bits per heavy atom. The number of methoxy groups -OCH3 is 2. The van der Waals surface area contributed by atoms with Crippen LogP contribution in [0.25, 0.3) is 11.1 Å². The first kappa shape index (κ1) is 29.9. The van der Waals surface area contributed by atoms with Gasteiger partial charge in [0.1, 0.15) is 13.2 Å². The molecule has 40 heavy (non-hydrogen) atoms. The molecule has 0 aliphatic rings. The highest BCUT2D eigenvalue weighted by molar-refractivity contribution is 9.10. The summed E-state index contributed by atoms with van der Waals surface area (Å²) < 4.78 is 24.8. The van der Waals surface area contributed by atoms with Crippen molar-refractivity contribution in [3.8, 4) is 34.6 Å². The Morgan fingerprint density at radius 1 is 0.600 bits per heavy atom. The highest BCUT2D eigenvalue weighted by atomic mass is 79.9. The lowest BCUT2D eigenvalue weighted by atomic mass is 9.92. The quantitative estimate of drug-likeness (QED) is 0.159. The fourth-order valence-corrected chi connectivity index (χ4v) is 5.56. The third-order valence-corrected chi connectivity index (χ3v) is 8.16. The van der Waals surface area contributed by atoms with E-state index in [-0.39, 0.29) is 0 Å². The molecule has 210 valence electrons. The summed E-state index contributed by atoms with van der Waals surface area (Å²) in [6.45, 7) is 9.17. The number of halogens is 2. The topological polar surface area (TPSA) is 62.7 Å². The van der Waals surface area contributed by atoms with Gasteiger partial charge in [0, 0.05) is 11.1 Å². The van der Waals surface area contributed by atoms with Crippen LogP contribution in [0, 0.1) is 13.8 Å². The molecule has 0 saturated carbocycles. The number of aryl methyl sites for hydroxylation is 2. The van der Waals surface area contributed by atoms with Crippen molar-refractivity contribution in [3.05, 3.63) is 90.9 Å². The van der Waals surface area contributed by atoms with Gasteiger partial charge in [0.15, 0.2) is 0 Å². The molecule has 0 aliphatic carbocycles. The number of hydrogen-bond acceptors (Lipinski definition) is 6. The van der Waals surface area contributed by atoms with Crippen LogP contribution in [0.15, 0.2) is 57.5 Å². The van der Waals surface area contributed by atoms with Crippen molar-refractivity contribution < 1.29 is 18.9 Å². The molecular weight excluding hydrogens is 636 g/mol. The van der Waals surface area contributed by atoms with Crippen molar-refractivity contribution in [2.75, 3.05) is 14.2 Å². The van der Waals surface area contributed by atoms with Crippen molar-refractivity contribution >= 4 is 31.9 Å². The molecule has 0 saturated heterocycles. The Kier molecular flexibility index (Phi) is 10.1. The van der Waals surface area contributed by atoms with Crippen molar-refractivity contribution in [2.24, 2.45) is 0 Å². The van der Waals surface area contributed by atoms with Gasteiger partial charge in [-0.3, -0.25) is 0 Å². The van der Waals surface area contributed by atoms with Crippen LogP contribution in [0.5, 0.6) is 23.5 Å². The van der Waals surface area contributed by atoms with E-state index in [1.165, 1.54) is 0 Å². The second kappa shape index (κ2) is 13.5. The van der Waals surface area contributed by atoms with E-state index < -0.39 is 0 Å². The molecule has 2 aromatic carbocycles. The number of benzene rings is 2. The second-order valence-electron chi connectivity index (χ2n) is 9.35. The molecule has 0 radical (unpaired) electrons.